The monoisotopic (exact) mass is 318 g/mol. The summed E-state index contributed by atoms with van der Waals surface area (Å²) >= 11 is 2.08. The summed E-state index contributed by atoms with van der Waals surface area (Å²) in [6.07, 6.45) is 0. The van der Waals surface area contributed by atoms with E-state index < -0.39 is 0 Å². The summed E-state index contributed by atoms with van der Waals surface area (Å²) < 4.78 is 1.52. The van der Waals surface area contributed by atoms with Crippen LogP contribution >= 0.6 is 11.8 Å². The van der Waals surface area contributed by atoms with Gasteiger partial charge in [-0.1, -0.05) is 0 Å². The number of halogens is 1. The molecule has 0 bridgehead atoms. The van der Waals surface area contributed by atoms with Crippen molar-refractivity contribution in [1.82, 2.24) is 0 Å². The van der Waals surface area contributed by atoms with E-state index in [1.165, 1.54) is 14.2 Å². The van der Waals surface area contributed by atoms with Crippen LogP contribution in [0.4, 0.5) is 0 Å². The summed E-state index contributed by atoms with van der Waals surface area (Å²) in [5.41, 5.74) is 1.40. The van der Waals surface area contributed by atoms with Crippen molar-refractivity contribution in [3.63, 3.8) is 0 Å². The van der Waals surface area contributed by atoms with Crippen molar-refractivity contribution in [2.45, 2.75) is 13.0 Å². The first-order valence-electron chi connectivity index (χ1n) is 4.56. The predicted molar refractivity (Wildman–Crippen MR) is 59.4 cm³/mol. The zero-order valence-corrected chi connectivity index (χ0v) is 11.3. The van der Waals surface area contributed by atoms with Gasteiger partial charge in [-0.3, -0.25) is 0 Å². The summed E-state index contributed by atoms with van der Waals surface area (Å²) in [6.45, 7) is 2.10. The quantitative estimate of drug-likeness (QED) is 0.543. The Balaban J connectivity index is 2.24. The molecule has 1 atom stereocenters. The Morgan fingerprint density at radius 1 is 1.50 bits per heavy atom. The molecule has 0 aliphatic carbocycles. The van der Waals surface area contributed by atoms with Gasteiger partial charge in [-0.25, -0.2) is 0 Å². The Morgan fingerprint density at radius 2 is 2.36 bits per heavy atom. The third kappa shape index (κ3) is 2.31. The molecule has 0 radical (unpaired) electrons. The standard InChI is InChI=1S/C11H13INS/c1-8-13-11(7-14-8)9-4-3-5-10(6-9)12-2/h3-6,11H,7H2,1-2H3/q-1. The number of rotatable bonds is 2. The first-order chi connectivity index (χ1) is 6.79. The normalized spacial score (nSPS) is 21.3. The van der Waals surface area contributed by atoms with Crippen LogP contribution in [0.15, 0.2) is 29.3 Å². The molecular formula is C11H13INS-. The van der Waals surface area contributed by atoms with Crippen LogP contribution in [0.3, 0.4) is 0 Å². The SMILES string of the molecule is C[I-]c1cccc(C2CSC(C)=N2)c1. The molecule has 1 aliphatic heterocycles. The minimum atomic E-state index is 0.210. The van der Waals surface area contributed by atoms with Crippen LogP contribution in [-0.2, 0) is 0 Å². The minimum absolute atomic E-state index is 0.210. The second-order valence-electron chi connectivity index (χ2n) is 3.22. The van der Waals surface area contributed by atoms with E-state index in [0.29, 0.717) is 6.04 Å². The number of benzene rings is 1. The van der Waals surface area contributed by atoms with Crippen LogP contribution in [0.2, 0.25) is 0 Å². The molecule has 1 aromatic carbocycles. The summed E-state index contributed by atoms with van der Waals surface area (Å²) in [7, 11) is 0. The molecule has 76 valence electrons. The predicted octanol–water partition coefficient (Wildman–Crippen LogP) is -0.219. The Bertz CT molecular complexity index is 362. The van der Waals surface area contributed by atoms with E-state index in [4.69, 9.17) is 0 Å². The number of alkyl halides is 1. The second-order valence-corrected chi connectivity index (χ2v) is 6.76. The molecule has 14 heavy (non-hydrogen) atoms. The zero-order chi connectivity index (χ0) is 9.97. The van der Waals surface area contributed by atoms with Crippen molar-refractivity contribution in [3.05, 3.63) is 33.4 Å². The molecule has 0 saturated carbocycles. The maximum atomic E-state index is 4.63. The van der Waals surface area contributed by atoms with Gasteiger partial charge in [-0.15, -0.1) is 0 Å². The fourth-order valence-electron chi connectivity index (χ4n) is 1.50. The van der Waals surface area contributed by atoms with Gasteiger partial charge in [0.05, 0.1) is 0 Å². The van der Waals surface area contributed by atoms with Gasteiger partial charge < -0.3 is 0 Å². The second kappa shape index (κ2) is 4.66. The van der Waals surface area contributed by atoms with E-state index in [1.54, 1.807) is 0 Å². The van der Waals surface area contributed by atoms with E-state index in [9.17, 15) is 0 Å². The Hall–Kier alpha value is -0.0300. The van der Waals surface area contributed by atoms with Crippen molar-refractivity contribution in [3.8, 4) is 0 Å². The van der Waals surface area contributed by atoms with Gasteiger partial charge >= 0.3 is 100 Å². The van der Waals surface area contributed by atoms with Gasteiger partial charge in [0.2, 0.25) is 0 Å². The van der Waals surface area contributed by atoms with Crippen molar-refractivity contribution < 1.29 is 21.2 Å². The number of hydrogen-bond donors (Lipinski definition) is 0. The summed E-state index contributed by atoms with van der Waals surface area (Å²) in [5, 5.41) is 1.23. The molecular weight excluding hydrogens is 305 g/mol. The fraction of sp³-hybridized carbons (Fsp3) is 0.364. The molecule has 3 heteroatoms. The first-order valence-corrected chi connectivity index (χ1v) is 8.78. The summed E-state index contributed by atoms with van der Waals surface area (Å²) in [6, 6.07) is 9.35. The molecule has 0 saturated heterocycles. The van der Waals surface area contributed by atoms with Gasteiger partial charge in [-0.05, 0) is 0 Å². The van der Waals surface area contributed by atoms with Crippen LogP contribution in [-0.4, -0.2) is 15.7 Å². The molecule has 1 aliphatic rings. The van der Waals surface area contributed by atoms with E-state index in [-0.39, 0.29) is 21.2 Å². The summed E-state index contributed by atoms with van der Waals surface area (Å²) in [4.78, 5) is 6.93. The number of thioether (sulfide) groups is 1. The Labute approximate surface area is 99.7 Å². The zero-order valence-electron chi connectivity index (χ0n) is 8.33. The van der Waals surface area contributed by atoms with Crippen LogP contribution in [0.25, 0.3) is 0 Å². The Morgan fingerprint density at radius 3 is 3.00 bits per heavy atom. The average Bonchev–Trinajstić information content (AvgIpc) is 2.65. The third-order valence-corrected chi connectivity index (χ3v) is 5.16. The van der Waals surface area contributed by atoms with Crippen LogP contribution in [0, 0.1) is 3.57 Å². The molecule has 1 heterocycles. The summed E-state index contributed by atoms with van der Waals surface area (Å²) in [5.74, 6) is 1.12. The fourth-order valence-corrected chi connectivity index (χ4v) is 3.60. The van der Waals surface area contributed by atoms with Crippen LogP contribution in [0.5, 0.6) is 0 Å². The van der Waals surface area contributed by atoms with E-state index >= 15 is 0 Å². The molecule has 0 aromatic heterocycles. The molecule has 0 fully saturated rings. The third-order valence-electron chi connectivity index (χ3n) is 2.24. The van der Waals surface area contributed by atoms with Gasteiger partial charge in [-0.2, -0.15) is 0 Å². The number of aliphatic imine (C=N–C) groups is 1. The van der Waals surface area contributed by atoms with Crippen molar-refractivity contribution in [1.29, 1.82) is 0 Å². The molecule has 2 rings (SSSR count). The van der Waals surface area contributed by atoms with Gasteiger partial charge in [0.25, 0.3) is 0 Å². The van der Waals surface area contributed by atoms with E-state index in [1.807, 2.05) is 11.8 Å². The van der Waals surface area contributed by atoms with Gasteiger partial charge in [0, 0.05) is 0 Å². The molecule has 1 aromatic rings. The number of hydrogen-bond acceptors (Lipinski definition) is 2. The van der Waals surface area contributed by atoms with Gasteiger partial charge in [0.1, 0.15) is 0 Å². The van der Waals surface area contributed by atoms with E-state index in [2.05, 4.69) is 41.1 Å². The molecule has 1 nitrogen and oxygen atoms in total. The maximum absolute atomic E-state index is 4.63. The Kier molecular flexibility index (Phi) is 3.49. The van der Waals surface area contributed by atoms with Crippen molar-refractivity contribution in [2.24, 2.45) is 4.99 Å². The van der Waals surface area contributed by atoms with E-state index in [0.717, 1.165) is 5.75 Å². The van der Waals surface area contributed by atoms with Crippen LogP contribution < -0.4 is 21.2 Å². The van der Waals surface area contributed by atoms with Gasteiger partial charge in [0.15, 0.2) is 0 Å². The average molecular weight is 318 g/mol. The molecule has 1 unspecified atom stereocenters. The molecule has 0 spiro atoms. The molecule has 0 amide bonds. The first kappa shape index (κ1) is 10.5. The molecule has 0 N–H and O–H groups in total. The van der Waals surface area contributed by atoms with Crippen LogP contribution in [0.1, 0.15) is 18.5 Å². The van der Waals surface area contributed by atoms with Crippen molar-refractivity contribution in [2.75, 3.05) is 10.7 Å². The van der Waals surface area contributed by atoms with Crippen molar-refractivity contribution >= 4 is 16.8 Å². The number of nitrogens with zero attached hydrogens (tertiary/aromatic N) is 1. The topological polar surface area (TPSA) is 12.4 Å².